The Bertz CT molecular complexity index is 578. The molecular formula is C16H17FN2O. The Labute approximate surface area is 117 Å². The zero-order chi connectivity index (χ0) is 14.5. The quantitative estimate of drug-likeness (QED) is 0.909. The van der Waals surface area contributed by atoms with Gasteiger partial charge in [0.15, 0.2) is 0 Å². The number of halogens is 1. The van der Waals surface area contributed by atoms with Gasteiger partial charge in [-0.2, -0.15) is 0 Å². The normalized spacial score (nSPS) is 10.8. The molecule has 0 radical (unpaired) electrons. The first-order valence-electron chi connectivity index (χ1n) is 6.36. The molecule has 0 heterocycles. The molecule has 3 nitrogen and oxygen atoms in total. The summed E-state index contributed by atoms with van der Waals surface area (Å²) in [5, 5.41) is 0. The minimum Gasteiger partial charge on any atom is -0.366 e. The van der Waals surface area contributed by atoms with E-state index in [1.165, 1.54) is 12.1 Å². The van der Waals surface area contributed by atoms with Gasteiger partial charge in [-0.15, -0.1) is 0 Å². The van der Waals surface area contributed by atoms with E-state index in [1.807, 2.05) is 19.2 Å². The largest absolute Gasteiger partial charge is 0.366 e. The fraction of sp³-hybridized carbons (Fsp3) is 0.188. The molecule has 1 amide bonds. The highest BCUT2D eigenvalue weighted by Crippen LogP contribution is 2.10. The van der Waals surface area contributed by atoms with Crippen LogP contribution in [0.1, 0.15) is 21.5 Å². The van der Waals surface area contributed by atoms with Gasteiger partial charge in [0.2, 0.25) is 5.91 Å². The van der Waals surface area contributed by atoms with Crippen molar-refractivity contribution in [2.75, 3.05) is 7.05 Å². The molecular weight excluding hydrogens is 255 g/mol. The average Bonchev–Trinajstić information content (AvgIpc) is 2.42. The first-order chi connectivity index (χ1) is 9.54. The van der Waals surface area contributed by atoms with E-state index >= 15 is 0 Å². The highest BCUT2D eigenvalue weighted by Gasteiger charge is 2.04. The van der Waals surface area contributed by atoms with Gasteiger partial charge in [-0.1, -0.05) is 24.3 Å². The number of nitrogens with zero attached hydrogens (tertiary/aromatic N) is 1. The average molecular weight is 272 g/mol. The fourth-order valence-electron chi connectivity index (χ4n) is 2.04. The summed E-state index contributed by atoms with van der Waals surface area (Å²) < 4.78 is 12.8. The van der Waals surface area contributed by atoms with Crippen LogP contribution in [0.2, 0.25) is 0 Å². The zero-order valence-corrected chi connectivity index (χ0v) is 11.3. The molecule has 2 N–H and O–H groups in total. The number of carbonyl (C=O) groups is 1. The van der Waals surface area contributed by atoms with E-state index in [0.29, 0.717) is 5.56 Å². The second-order valence-electron chi connectivity index (χ2n) is 4.86. The second-order valence-corrected chi connectivity index (χ2v) is 4.86. The van der Waals surface area contributed by atoms with Crippen molar-refractivity contribution in [3.05, 3.63) is 71.0 Å². The maximum absolute atomic E-state index is 12.8. The molecule has 0 saturated carbocycles. The minimum absolute atomic E-state index is 0.224. The first kappa shape index (κ1) is 14.2. The van der Waals surface area contributed by atoms with Crippen LogP contribution in [0.3, 0.4) is 0 Å². The van der Waals surface area contributed by atoms with Crippen molar-refractivity contribution in [3.63, 3.8) is 0 Å². The number of primary amides is 1. The monoisotopic (exact) mass is 272 g/mol. The summed E-state index contributed by atoms with van der Waals surface area (Å²) in [6.45, 7) is 1.48. The predicted molar refractivity (Wildman–Crippen MR) is 76.5 cm³/mol. The van der Waals surface area contributed by atoms with Crippen molar-refractivity contribution in [1.82, 2.24) is 4.90 Å². The van der Waals surface area contributed by atoms with Crippen LogP contribution in [0, 0.1) is 5.82 Å². The van der Waals surface area contributed by atoms with Crippen LogP contribution in [0.5, 0.6) is 0 Å². The van der Waals surface area contributed by atoms with Gasteiger partial charge in [0, 0.05) is 18.7 Å². The Morgan fingerprint density at radius 1 is 1.00 bits per heavy atom. The van der Waals surface area contributed by atoms with Gasteiger partial charge in [-0.25, -0.2) is 4.39 Å². The number of amides is 1. The third-order valence-electron chi connectivity index (χ3n) is 3.06. The molecule has 0 bridgehead atoms. The summed E-state index contributed by atoms with van der Waals surface area (Å²) in [5.41, 5.74) is 7.86. The summed E-state index contributed by atoms with van der Waals surface area (Å²) in [7, 11) is 1.99. The third-order valence-corrected chi connectivity index (χ3v) is 3.06. The topological polar surface area (TPSA) is 46.3 Å². The molecule has 0 fully saturated rings. The van der Waals surface area contributed by atoms with Crippen molar-refractivity contribution < 1.29 is 9.18 Å². The van der Waals surface area contributed by atoms with Crippen molar-refractivity contribution in [1.29, 1.82) is 0 Å². The molecule has 2 rings (SSSR count). The molecule has 20 heavy (non-hydrogen) atoms. The predicted octanol–water partition coefficient (Wildman–Crippen LogP) is 2.56. The molecule has 2 aromatic carbocycles. The lowest BCUT2D eigenvalue weighted by Crippen LogP contribution is -2.17. The van der Waals surface area contributed by atoms with Crippen LogP contribution in [-0.4, -0.2) is 17.9 Å². The molecule has 0 unspecified atom stereocenters. The molecule has 0 aliphatic carbocycles. The van der Waals surface area contributed by atoms with Crippen LogP contribution in [0.4, 0.5) is 4.39 Å². The summed E-state index contributed by atoms with van der Waals surface area (Å²) in [5.74, 6) is -0.644. The fourth-order valence-corrected chi connectivity index (χ4v) is 2.04. The molecule has 0 aliphatic heterocycles. The van der Waals surface area contributed by atoms with Gasteiger partial charge in [0.1, 0.15) is 5.82 Å². The highest BCUT2D eigenvalue weighted by molar-refractivity contribution is 5.92. The standard InChI is InChI=1S/C16H17FN2O/c1-19(11-13-4-8-15(17)9-5-13)10-12-2-6-14(7-3-12)16(18)20/h2-9H,10-11H2,1H3,(H2,18,20). The van der Waals surface area contributed by atoms with Crippen LogP contribution < -0.4 is 5.73 Å². The lowest BCUT2D eigenvalue weighted by atomic mass is 10.1. The number of benzene rings is 2. The number of rotatable bonds is 5. The van der Waals surface area contributed by atoms with Gasteiger partial charge < -0.3 is 5.73 Å². The Morgan fingerprint density at radius 2 is 1.45 bits per heavy atom. The van der Waals surface area contributed by atoms with E-state index in [2.05, 4.69) is 4.90 Å². The highest BCUT2D eigenvalue weighted by atomic mass is 19.1. The SMILES string of the molecule is CN(Cc1ccc(F)cc1)Cc1ccc(C(N)=O)cc1. The lowest BCUT2D eigenvalue weighted by Gasteiger charge is -2.17. The molecule has 0 aromatic heterocycles. The van der Waals surface area contributed by atoms with Gasteiger partial charge in [-0.3, -0.25) is 9.69 Å². The van der Waals surface area contributed by atoms with Gasteiger partial charge >= 0.3 is 0 Å². The number of hydrogen-bond acceptors (Lipinski definition) is 2. The van der Waals surface area contributed by atoms with E-state index in [0.717, 1.165) is 24.2 Å². The van der Waals surface area contributed by atoms with Crippen molar-refractivity contribution in [2.24, 2.45) is 5.73 Å². The van der Waals surface area contributed by atoms with E-state index < -0.39 is 5.91 Å². The molecule has 0 saturated heterocycles. The molecule has 0 atom stereocenters. The maximum Gasteiger partial charge on any atom is 0.248 e. The van der Waals surface area contributed by atoms with E-state index in [-0.39, 0.29) is 5.82 Å². The molecule has 0 aliphatic rings. The smallest absolute Gasteiger partial charge is 0.248 e. The van der Waals surface area contributed by atoms with E-state index in [1.54, 1.807) is 24.3 Å². The summed E-state index contributed by atoms with van der Waals surface area (Å²) in [4.78, 5) is 13.1. The van der Waals surface area contributed by atoms with Gasteiger partial charge in [-0.05, 0) is 42.4 Å². The van der Waals surface area contributed by atoms with Crippen LogP contribution in [-0.2, 0) is 13.1 Å². The van der Waals surface area contributed by atoms with Crippen molar-refractivity contribution >= 4 is 5.91 Å². The Morgan fingerprint density at radius 3 is 1.90 bits per heavy atom. The van der Waals surface area contributed by atoms with Crippen LogP contribution in [0.25, 0.3) is 0 Å². The van der Waals surface area contributed by atoms with Crippen LogP contribution >= 0.6 is 0 Å². The van der Waals surface area contributed by atoms with Crippen LogP contribution in [0.15, 0.2) is 48.5 Å². The van der Waals surface area contributed by atoms with Gasteiger partial charge in [0.25, 0.3) is 0 Å². The van der Waals surface area contributed by atoms with E-state index in [4.69, 9.17) is 5.73 Å². The summed E-state index contributed by atoms with van der Waals surface area (Å²) >= 11 is 0. The summed E-state index contributed by atoms with van der Waals surface area (Å²) in [6.07, 6.45) is 0. The number of hydrogen-bond donors (Lipinski definition) is 1. The third kappa shape index (κ3) is 3.90. The number of carbonyl (C=O) groups excluding carboxylic acids is 1. The molecule has 104 valence electrons. The maximum atomic E-state index is 12.8. The Kier molecular flexibility index (Phi) is 4.48. The molecule has 0 spiro atoms. The van der Waals surface area contributed by atoms with Crippen molar-refractivity contribution in [2.45, 2.75) is 13.1 Å². The van der Waals surface area contributed by atoms with E-state index in [9.17, 15) is 9.18 Å². The van der Waals surface area contributed by atoms with Gasteiger partial charge in [0.05, 0.1) is 0 Å². The first-order valence-corrected chi connectivity index (χ1v) is 6.36. The molecule has 2 aromatic rings. The Hall–Kier alpha value is -2.20. The number of nitrogens with two attached hydrogens (primary N) is 1. The van der Waals surface area contributed by atoms with Crippen molar-refractivity contribution in [3.8, 4) is 0 Å². The molecule has 4 heteroatoms. The minimum atomic E-state index is -0.420. The zero-order valence-electron chi connectivity index (χ0n) is 11.3. The summed E-state index contributed by atoms with van der Waals surface area (Å²) in [6, 6.07) is 13.7. The lowest BCUT2D eigenvalue weighted by molar-refractivity contribution is 0.100. The second kappa shape index (κ2) is 6.30. The Balaban J connectivity index is 1.95.